The van der Waals surface area contributed by atoms with Gasteiger partial charge >= 0.3 is 6.18 Å². The van der Waals surface area contributed by atoms with Gasteiger partial charge in [-0.3, -0.25) is 20.4 Å². The summed E-state index contributed by atoms with van der Waals surface area (Å²) in [5, 5.41) is 1.94. The zero-order chi connectivity index (χ0) is 24.2. The smallest absolute Gasteiger partial charge is 0.371 e. The average Bonchev–Trinajstić information content (AvgIpc) is 3.30. The Labute approximate surface area is 200 Å². The molecule has 1 aliphatic carbocycles. The summed E-state index contributed by atoms with van der Waals surface area (Å²) in [6.07, 6.45) is -0.406. The van der Waals surface area contributed by atoms with Gasteiger partial charge in [-0.25, -0.2) is 14.3 Å². The highest BCUT2D eigenvalue weighted by molar-refractivity contribution is 6.21. The van der Waals surface area contributed by atoms with Gasteiger partial charge in [0.15, 0.2) is 0 Å². The van der Waals surface area contributed by atoms with Crippen molar-refractivity contribution in [2.45, 2.75) is 31.5 Å². The van der Waals surface area contributed by atoms with Crippen molar-refractivity contribution in [2.75, 3.05) is 36.0 Å². The Morgan fingerprint density at radius 1 is 1.03 bits per heavy atom. The van der Waals surface area contributed by atoms with Gasteiger partial charge in [-0.1, -0.05) is 6.07 Å². The SMILES string of the molecule is Fc1cccc(N2C(=NC3C4CCC3CN(c3ccnc(C(F)(F)F)c3)C4)NN3CCCN=C32)c1. The first kappa shape index (κ1) is 22.1. The van der Waals surface area contributed by atoms with Gasteiger partial charge in [0.25, 0.3) is 0 Å². The highest BCUT2D eigenvalue weighted by Crippen LogP contribution is 2.41. The molecule has 35 heavy (non-hydrogen) atoms. The van der Waals surface area contributed by atoms with Crippen molar-refractivity contribution in [3.8, 4) is 0 Å². The second kappa shape index (κ2) is 8.39. The lowest BCUT2D eigenvalue weighted by Crippen LogP contribution is -2.46. The molecule has 0 radical (unpaired) electrons. The molecule has 3 fully saturated rings. The van der Waals surface area contributed by atoms with E-state index in [-0.39, 0.29) is 23.7 Å². The minimum absolute atomic E-state index is 0.0238. The number of halogens is 4. The van der Waals surface area contributed by atoms with Gasteiger partial charge in [0.1, 0.15) is 11.5 Å². The summed E-state index contributed by atoms with van der Waals surface area (Å²) in [5.41, 5.74) is 3.68. The van der Waals surface area contributed by atoms with Crippen LogP contribution in [0.2, 0.25) is 0 Å². The lowest BCUT2D eigenvalue weighted by molar-refractivity contribution is -0.141. The van der Waals surface area contributed by atoms with Crippen LogP contribution in [0.15, 0.2) is 52.6 Å². The maximum absolute atomic E-state index is 14.0. The molecule has 0 amide bonds. The number of pyridine rings is 1. The standard InChI is InChI=1S/C24H25F4N7/c25-17-3-1-4-19(11-17)35-22(32-34-10-2-8-30-23(34)35)31-21-15-5-6-16(21)14-33(13-15)18-7-9-29-20(12-18)24(26,27)28/h1,3-4,7,9,11-12,15-16,21H,2,5-6,8,10,13-14H2,(H,31,32). The Hall–Kier alpha value is -3.37. The van der Waals surface area contributed by atoms with Crippen LogP contribution in [0.1, 0.15) is 25.0 Å². The van der Waals surface area contributed by atoms with Crippen molar-refractivity contribution >= 4 is 23.3 Å². The molecule has 0 spiro atoms. The molecular formula is C24H25F4N7. The van der Waals surface area contributed by atoms with E-state index in [1.165, 1.54) is 18.3 Å². The first-order valence-electron chi connectivity index (χ1n) is 11.9. The van der Waals surface area contributed by atoms with E-state index in [9.17, 15) is 17.6 Å². The van der Waals surface area contributed by atoms with Crippen LogP contribution in [0.25, 0.3) is 0 Å². The Balaban J connectivity index is 1.28. The van der Waals surface area contributed by atoms with Crippen LogP contribution in [-0.2, 0) is 6.18 Å². The van der Waals surface area contributed by atoms with E-state index >= 15 is 0 Å². The van der Waals surface area contributed by atoms with E-state index in [0.717, 1.165) is 31.9 Å². The lowest BCUT2D eigenvalue weighted by atomic mass is 9.92. The minimum atomic E-state index is -4.47. The number of hydrazine groups is 1. The predicted octanol–water partition coefficient (Wildman–Crippen LogP) is 3.90. The van der Waals surface area contributed by atoms with Gasteiger partial charge in [-0.2, -0.15) is 13.2 Å². The van der Waals surface area contributed by atoms with Crippen molar-refractivity contribution in [3.05, 3.63) is 54.1 Å². The molecule has 4 aliphatic rings. The number of anilines is 2. The molecule has 3 aliphatic heterocycles. The van der Waals surface area contributed by atoms with E-state index in [1.807, 2.05) is 20.9 Å². The first-order valence-corrected chi connectivity index (χ1v) is 11.9. The summed E-state index contributed by atoms with van der Waals surface area (Å²) in [6, 6.07) is 9.17. The molecule has 6 rings (SSSR count). The van der Waals surface area contributed by atoms with Crippen molar-refractivity contribution in [2.24, 2.45) is 21.8 Å². The Morgan fingerprint density at radius 3 is 2.57 bits per heavy atom. The fourth-order valence-electron chi connectivity index (χ4n) is 5.62. The summed E-state index contributed by atoms with van der Waals surface area (Å²) in [6.45, 7) is 2.73. The van der Waals surface area contributed by atoms with Crippen molar-refractivity contribution in [1.82, 2.24) is 15.4 Å². The number of nitrogens with zero attached hydrogens (tertiary/aromatic N) is 6. The molecule has 2 saturated heterocycles. The molecule has 1 aromatic carbocycles. The molecular weight excluding hydrogens is 462 g/mol. The normalized spacial score (nSPS) is 27.2. The molecule has 11 heteroatoms. The van der Waals surface area contributed by atoms with Crippen molar-refractivity contribution in [1.29, 1.82) is 0 Å². The quantitative estimate of drug-likeness (QED) is 0.666. The molecule has 2 unspecified atom stereocenters. The largest absolute Gasteiger partial charge is 0.433 e. The van der Waals surface area contributed by atoms with Crippen molar-refractivity contribution in [3.63, 3.8) is 0 Å². The summed E-state index contributed by atoms with van der Waals surface area (Å²) in [7, 11) is 0. The van der Waals surface area contributed by atoms with E-state index in [0.29, 0.717) is 42.9 Å². The maximum Gasteiger partial charge on any atom is 0.433 e. The summed E-state index contributed by atoms with van der Waals surface area (Å²) in [5.74, 6) is 1.41. The van der Waals surface area contributed by atoms with Crippen LogP contribution in [0.4, 0.5) is 28.9 Å². The molecule has 1 N–H and O–H groups in total. The topological polar surface area (TPSA) is 59.4 Å². The van der Waals surface area contributed by atoms with Gasteiger partial charge < -0.3 is 4.90 Å². The number of nitrogens with one attached hydrogen (secondary N) is 1. The number of piperidine rings is 1. The monoisotopic (exact) mass is 487 g/mol. The molecule has 2 bridgehead atoms. The first-order chi connectivity index (χ1) is 16.9. The lowest BCUT2D eigenvalue weighted by Gasteiger charge is -2.38. The number of hydrogen-bond donors (Lipinski definition) is 1. The summed E-state index contributed by atoms with van der Waals surface area (Å²) >= 11 is 0. The van der Waals surface area contributed by atoms with Gasteiger partial charge in [-0.15, -0.1) is 0 Å². The van der Waals surface area contributed by atoms with Gasteiger partial charge in [0.2, 0.25) is 11.9 Å². The second-order valence-corrected chi connectivity index (χ2v) is 9.46. The molecule has 2 aromatic rings. The molecule has 2 atom stereocenters. The summed E-state index contributed by atoms with van der Waals surface area (Å²) in [4.78, 5) is 17.2. The zero-order valence-corrected chi connectivity index (χ0v) is 18.9. The number of alkyl halides is 3. The van der Waals surface area contributed by atoms with Crippen LogP contribution in [0.5, 0.6) is 0 Å². The Bertz CT molecular complexity index is 1170. The van der Waals surface area contributed by atoms with Crippen LogP contribution in [-0.4, -0.2) is 54.1 Å². The summed E-state index contributed by atoms with van der Waals surface area (Å²) < 4.78 is 53.6. The van der Waals surface area contributed by atoms with Crippen molar-refractivity contribution < 1.29 is 17.6 Å². The fourth-order valence-corrected chi connectivity index (χ4v) is 5.62. The van der Waals surface area contributed by atoms with E-state index in [2.05, 4.69) is 15.4 Å². The molecule has 1 aromatic heterocycles. The molecule has 7 nitrogen and oxygen atoms in total. The fraction of sp³-hybridized carbons (Fsp3) is 0.458. The molecule has 4 heterocycles. The zero-order valence-electron chi connectivity index (χ0n) is 18.9. The van der Waals surface area contributed by atoms with Gasteiger partial charge in [0.05, 0.1) is 11.7 Å². The van der Waals surface area contributed by atoms with Crippen LogP contribution in [0, 0.1) is 17.7 Å². The van der Waals surface area contributed by atoms with E-state index in [1.54, 1.807) is 12.1 Å². The average molecular weight is 488 g/mol. The van der Waals surface area contributed by atoms with Gasteiger partial charge in [-0.05, 0) is 61.4 Å². The van der Waals surface area contributed by atoms with Crippen LogP contribution >= 0.6 is 0 Å². The number of fused-ring (bicyclic) bond motifs is 3. The highest BCUT2D eigenvalue weighted by atomic mass is 19.4. The third-order valence-corrected chi connectivity index (χ3v) is 7.20. The number of guanidine groups is 2. The number of rotatable bonds is 3. The number of aromatic nitrogens is 1. The Morgan fingerprint density at radius 2 is 1.83 bits per heavy atom. The van der Waals surface area contributed by atoms with Gasteiger partial charge in [0, 0.05) is 38.1 Å². The van der Waals surface area contributed by atoms with Crippen LogP contribution in [0.3, 0.4) is 0 Å². The molecule has 1 saturated carbocycles. The Kier molecular flexibility index (Phi) is 5.30. The third-order valence-electron chi connectivity index (χ3n) is 7.20. The molecule has 184 valence electrons. The van der Waals surface area contributed by atoms with E-state index in [4.69, 9.17) is 4.99 Å². The predicted molar refractivity (Wildman–Crippen MR) is 125 cm³/mol. The number of aliphatic imine (C=N–C) groups is 2. The highest BCUT2D eigenvalue weighted by Gasteiger charge is 2.44. The second-order valence-electron chi connectivity index (χ2n) is 9.46. The maximum atomic E-state index is 14.0. The number of hydrogen-bond acceptors (Lipinski definition) is 5. The third kappa shape index (κ3) is 4.06. The number of benzene rings is 1. The van der Waals surface area contributed by atoms with E-state index < -0.39 is 11.9 Å². The minimum Gasteiger partial charge on any atom is -0.371 e. The van der Waals surface area contributed by atoms with Crippen LogP contribution < -0.4 is 15.2 Å².